The van der Waals surface area contributed by atoms with Crippen molar-refractivity contribution in [1.82, 2.24) is 5.32 Å². The number of rotatable bonds is 5. The van der Waals surface area contributed by atoms with Gasteiger partial charge in [0.05, 0.1) is 5.02 Å². The number of hydrogen-bond donors (Lipinski definition) is 1. The van der Waals surface area contributed by atoms with Crippen LogP contribution in [0.5, 0.6) is 0 Å². The normalized spacial score (nSPS) is 18.1. The summed E-state index contributed by atoms with van der Waals surface area (Å²) in [7, 11) is 0. The van der Waals surface area contributed by atoms with E-state index in [-0.39, 0.29) is 0 Å². The number of aryl methyl sites for hydroxylation is 1. The maximum Gasteiger partial charge on any atom is 0.0590 e. The number of nitrogens with one attached hydrogen (secondary N) is 1. The van der Waals surface area contributed by atoms with E-state index in [1.165, 1.54) is 29.7 Å². The zero-order valence-corrected chi connectivity index (χ0v) is 10.9. The SMILES string of the molecule is CCNC(CC1CC1)c1scc(C)c1Cl. The molecule has 1 aliphatic carbocycles. The molecule has 0 radical (unpaired) electrons. The topological polar surface area (TPSA) is 12.0 Å². The summed E-state index contributed by atoms with van der Waals surface area (Å²) in [6.45, 7) is 5.27. The van der Waals surface area contributed by atoms with E-state index in [0.717, 1.165) is 17.5 Å². The van der Waals surface area contributed by atoms with Gasteiger partial charge >= 0.3 is 0 Å². The smallest absolute Gasteiger partial charge is 0.0590 e. The summed E-state index contributed by atoms with van der Waals surface area (Å²) < 4.78 is 0. The first-order valence-electron chi connectivity index (χ1n) is 5.69. The van der Waals surface area contributed by atoms with Crippen LogP contribution in [0.15, 0.2) is 5.38 Å². The van der Waals surface area contributed by atoms with Gasteiger partial charge in [0.1, 0.15) is 0 Å². The molecule has 0 amide bonds. The van der Waals surface area contributed by atoms with Crippen LogP contribution in [0, 0.1) is 12.8 Å². The van der Waals surface area contributed by atoms with Crippen molar-refractivity contribution in [2.75, 3.05) is 6.54 Å². The second-order valence-electron chi connectivity index (χ2n) is 4.39. The largest absolute Gasteiger partial charge is 0.309 e. The minimum absolute atomic E-state index is 0.480. The third-order valence-corrected chi connectivity index (χ3v) is 4.79. The fraction of sp³-hybridized carbons (Fsp3) is 0.667. The minimum atomic E-state index is 0.480. The van der Waals surface area contributed by atoms with Gasteiger partial charge < -0.3 is 5.32 Å². The monoisotopic (exact) mass is 243 g/mol. The Balaban J connectivity index is 2.11. The van der Waals surface area contributed by atoms with Crippen molar-refractivity contribution in [3.05, 3.63) is 20.8 Å². The summed E-state index contributed by atoms with van der Waals surface area (Å²) in [6.07, 6.45) is 4.07. The minimum Gasteiger partial charge on any atom is -0.309 e. The van der Waals surface area contributed by atoms with Gasteiger partial charge in [-0.15, -0.1) is 11.3 Å². The molecule has 0 bridgehead atoms. The lowest BCUT2D eigenvalue weighted by atomic mass is 10.1. The average Bonchev–Trinajstić information content (AvgIpc) is 2.96. The Morgan fingerprint density at radius 2 is 2.33 bits per heavy atom. The van der Waals surface area contributed by atoms with Gasteiger partial charge in [0.15, 0.2) is 0 Å². The molecule has 1 atom stereocenters. The lowest BCUT2D eigenvalue weighted by Gasteiger charge is -2.16. The Morgan fingerprint density at radius 3 is 2.80 bits per heavy atom. The molecule has 1 aromatic heterocycles. The molecule has 0 aliphatic heterocycles. The van der Waals surface area contributed by atoms with Crippen LogP contribution in [0.4, 0.5) is 0 Å². The quantitative estimate of drug-likeness (QED) is 0.819. The zero-order chi connectivity index (χ0) is 10.8. The summed E-state index contributed by atoms with van der Waals surface area (Å²) in [4.78, 5) is 1.34. The van der Waals surface area contributed by atoms with E-state index >= 15 is 0 Å². The molecule has 15 heavy (non-hydrogen) atoms. The Hall–Kier alpha value is -0.0500. The molecule has 0 saturated heterocycles. The van der Waals surface area contributed by atoms with Gasteiger partial charge in [-0.25, -0.2) is 0 Å². The number of halogens is 1. The van der Waals surface area contributed by atoms with Gasteiger partial charge in [-0.2, -0.15) is 0 Å². The van der Waals surface area contributed by atoms with E-state index in [9.17, 15) is 0 Å². The molecule has 3 heteroatoms. The molecule has 1 unspecified atom stereocenters. The predicted molar refractivity (Wildman–Crippen MR) is 67.8 cm³/mol. The second kappa shape index (κ2) is 4.86. The van der Waals surface area contributed by atoms with Gasteiger partial charge in [0, 0.05) is 10.9 Å². The molecule has 0 aromatic carbocycles. The van der Waals surface area contributed by atoms with E-state index in [2.05, 4.69) is 24.5 Å². The van der Waals surface area contributed by atoms with Crippen LogP contribution in [-0.4, -0.2) is 6.54 Å². The molecule has 1 heterocycles. The first-order valence-corrected chi connectivity index (χ1v) is 6.95. The van der Waals surface area contributed by atoms with Crippen LogP contribution in [0.25, 0.3) is 0 Å². The molecular formula is C12H18ClNS. The molecular weight excluding hydrogens is 226 g/mol. The Bertz CT molecular complexity index is 330. The Kier molecular flexibility index (Phi) is 3.70. The Morgan fingerprint density at radius 1 is 1.60 bits per heavy atom. The summed E-state index contributed by atoms with van der Waals surface area (Å²) in [5.74, 6) is 0.938. The zero-order valence-electron chi connectivity index (χ0n) is 9.35. The van der Waals surface area contributed by atoms with Crippen LogP contribution in [0.1, 0.15) is 42.7 Å². The number of thiophene rings is 1. The van der Waals surface area contributed by atoms with Crippen LogP contribution in [0.3, 0.4) is 0 Å². The van der Waals surface area contributed by atoms with Crippen LogP contribution in [-0.2, 0) is 0 Å². The highest BCUT2D eigenvalue weighted by atomic mass is 35.5. The maximum absolute atomic E-state index is 6.31. The van der Waals surface area contributed by atoms with E-state index in [1.807, 2.05) is 0 Å². The molecule has 0 spiro atoms. The second-order valence-corrected chi connectivity index (χ2v) is 5.68. The van der Waals surface area contributed by atoms with Crippen LogP contribution < -0.4 is 5.32 Å². The molecule has 1 fully saturated rings. The third kappa shape index (κ3) is 2.74. The van der Waals surface area contributed by atoms with E-state index in [0.29, 0.717) is 6.04 Å². The summed E-state index contributed by atoms with van der Waals surface area (Å²) in [6, 6.07) is 0.480. The molecule has 1 aromatic rings. The summed E-state index contributed by atoms with van der Waals surface area (Å²) >= 11 is 8.11. The van der Waals surface area contributed by atoms with Gasteiger partial charge in [0.25, 0.3) is 0 Å². The molecule has 1 aliphatic rings. The highest BCUT2D eigenvalue weighted by molar-refractivity contribution is 7.10. The van der Waals surface area contributed by atoms with Gasteiger partial charge in [-0.05, 0) is 36.8 Å². The predicted octanol–water partition coefficient (Wildman–Crippen LogP) is 4.16. The highest BCUT2D eigenvalue weighted by Gasteiger charge is 2.27. The maximum atomic E-state index is 6.31. The van der Waals surface area contributed by atoms with E-state index in [1.54, 1.807) is 11.3 Å². The molecule has 1 N–H and O–H groups in total. The van der Waals surface area contributed by atoms with Crippen molar-refractivity contribution in [3.8, 4) is 0 Å². The van der Waals surface area contributed by atoms with Crippen molar-refractivity contribution >= 4 is 22.9 Å². The van der Waals surface area contributed by atoms with Crippen molar-refractivity contribution in [1.29, 1.82) is 0 Å². The van der Waals surface area contributed by atoms with Crippen LogP contribution in [0.2, 0.25) is 5.02 Å². The van der Waals surface area contributed by atoms with Gasteiger partial charge in [0.2, 0.25) is 0 Å². The molecule has 1 saturated carbocycles. The first-order chi connectivity index (χ1) is 7.22. The van der Waals surface area contributed by atoms with Crippen molar-refractivity contribution in [2.45, 2.75) is 39.2 Å². The van der Waals surface area contributed by atoms with Crippen molar-refractivity contribution in [3.63, 3.8) is 0 Å². The fourth-order valence-corrected chi connectivity index (χ4v) is 3.32. The fourth-order valence-electron chi connectivity index (χ4n) is 1.90. The standard InChI is InChI=1S/C12H18ClNS/c1-3-14-10(6-9-4-5-9)12-11(13)8(2)7-15-12/h7,9-10,14H,3-6H2,1-2H3. The lowest BCUT2D eigenvalue weighted by Crippen LogP contribution is -2.20. The van der Waals surface area contributed by atoms with E-state index < -0.39 is 0 Å². The highest BCUT2D eigenvalue weighted by Crippen LogP contribution is 2.41. The average molecular weight is 244 g/mol. The molecule has 1 nitrogen and oxygen atoms in total. The molecule has 84 valence electrons. The Labute approximate surface area is 101 Å². The van der Waals surface area contributed by atoms with Crippen molar-refractivity contribution < 1.29 is 0 Å². The summed E-state index contributed by atoms with van der Waals surface area (Å²) in [5.41, 5.74) is 1.22. The first kappa shape index (κ1) is 11.4. The van der Waals surface area contributed by atoms with Crippen LogP contribution >= 0.6 is 22.9 Å². The molecule has 2 rings (SSSR count). The summed E-state index contributed by atoms with van der Waals surface area (Å²) in [5, 5.41) is 6.69. The van der Waals surface area contributed by atoms with E-state index in [4.69, 9.17) is 11.6 Å². The van der Waals surface area contributed by atoms with Crippen molar-refractivity contribution in [2.24, 2.45) is 5.92 Å². The van der Waals surface area contributed by atoms with Gasteiger partial charge in [-0.3, -0.25) is 0 Å². The number of hydrogen-bond acceptors (Lipinski definition) is 2. The third-order valence-electron chi connectivity index (χ3n) is 2.96. The van der Waals surface area contributed by atoms with Gasteiger partial charge in [-0.1, -0.05) is 31.4 Å². The lowest BCUT2D eigenvalue weighted by molar-refractivity contribution is 0.493.